The number of aliphatic imine (C=N–C) groups is 1. The second-order valence-electron chi connectivity index (χ2n) is 9.18. The molecule has 0 spiro atoms. The van der Waals surface area contributed by atoms with Crippen molar-refractivity contribution in [3.05, 3.63) is 58.6 Å². The lowest BCUT2D eigenvalue weighted by Crippen LogP contribution is -2.46. The molecule has 7 heteroatoms. The topological polar surface area (TPSA) is 77.7 Å². The summed E-state index contributed by atoms with van der Waals surface area (Å²) in [7, 11) is 0. The Bertz CT molecular complexity index is 1080. The summed E-state index contributed by atoms with van der Waals surface area (Å²) in [6.45, 7) is 6.94. The minimum atomic E-state index is -0.519. The van der Waals surface area contributed by atoms with Gasteiger partial charge >= 0.3 is 6.09 Å². The smallest absolute Gasteiger partial charge is 0.410 e. The number of carbonyl (C=O) groups is 1. The number of nitrogens with one attached hydrogen (secondary N) is 1. The quantitative estimate of drug-likeness (QED) is 0.686. The Morgan fingerprint density at radius 1 is 1.25 bits per heavy atom. The molecule has 2 atom stereocenters. The maximum Gasteiger partial charge on any atom is 0.410 e. The molecule has 1 unspecified atom stereocenters. The van der Waals surface area contributed by atoms with E-state index in [2.05, 4.69) is 23.5 Å². The van der Waals surface area contributed by atoms with Gasteiger partial charge in [-0.2, -0.15) is 5.26 Å². The van der Waals surface area contributed by atoms with E-state index >= 15 is 0 Å². The van der Waals surface area contributed by atoms with Gasteiger partial charge in [0.25, 0.3) is 0 Å². The van der Waals surface area contributed by atoms with Gasteiger partial charge < -0.3 is 10.1 Å². The predicted octanol–water partition coefficient (Wildman–Crippen LogP) is 5.32. The zero-order valence-electron chi connectivity index (χ0n) is 18.6. The Kier molecular flexibility index (Phi) is 6.12. The fourth-order valence-electron chi connectivity index (χ4n) is 4.20. The number of halogens is 1. The largest absolute Gasteiger partial charge is 0.444 e. The molecule has 0 aliphatic carbocycles. The van der Waals surface area contributed by atoms with Crippen molar-refractivity contribution in [1.29, 1.82) is 5.26 Å². The minimum absolute atomic E-state index is 0.0563. The van der Waals surface area contributed by atoms with Gasteiger partial charge in [-0.15, -0.1) is 0 Å². The van der Waals surface area contributed by atoms with E-state index in [1.54, 1.807) is 17.0 Å². The van der Waals surface area contributed by atoms with Gasteiger partial charge in [0, 0.05) is 11.6 Å². The number of carbonyl (C=O) groups excluding carboxylic acids is 1. The van der Waals surface area contributed by atoms with Crippen LogP contribution >= 0.6 is 11.6 Å². The monoisotopic (exact) mass is 450 g/mol. The molecular weight excluding hydrogens is 424 g/mol. The van der Waals surface area contributed by atoms with Gasteiger partial charge in [-0.1, -0.05) is 41.9 Å². The van der Waals surface area contributed by atoms with Gasteiger partial charge in [0.05, 0.1) is 30.3 Å². The van der Waals surface area contributed by atoms with E-state index in [4.69, 9.17) is 21.3 Å². The second kappa shape index (κ2) is 8.84. The average Bonchev–Trinajstić information content (AvgIpc) is 3.42. The molecule has 2 aromatic carbocycles. The van der Waals surface area contributed by atoms with Gasteiger partial charge in [0.2, 0.25) is 0 Å². The fourth-order valence-corrected chi connectivity index (χ4v) is 4.37. The fraction of sp³-hybridized carbons (Fsp3) is 0.400. The van der Waals surface area contributed by atoms with Crippen molar-refractivity contribution in [3.63, 3.8) is 0 Å². The summed E-state index contributed by atoms with van der Waals surface area (Å²) in [6, 6.07) is 15.7. The highest BCUT2D eigenvalue weighted by molar-refractivity contribution is 6.30. The lowest BCUT2D eigenvalue weighted by atomic mass is 9.97. The maximum atomic E-state index is 12.6. The average molecular weight is 451 g/mol. The van der Waals surface area contributed by atoms with Crippen LogP contribution in [-0.2, 0) is 4.74 Å². The third-order valence-corrected chi connectivity index (χ3v) is 5.92. The third kappa shape index (κ3) is 4.73. The molecule has 166 valence electrons. The van der Waals surface area contributed by atoms with E-state index in [0.29, 0.717) is 23.7 Å². The van der Waals surface area contributed by atoms with Gasteiger partial charge in [0.15, 0.2) is 0 Å². The molecular formula is C25H27ClN4O2. The van der Waals surface area contributed by atoms with Crippen LogP contribution in [0.1, 0.15) is 50.8 Å². The molecule has 4 rings (SSSR count). The summed E-state index contributed by atoms with van der Waals surface area (Å²) in [5.41, 5.74) is 2.97. The van der Waals surface area contributed by atoms with Crippen LogP contribution in [-0.4, -0.2) is 41.6 Å². The first-order chi connectivity index (χ1) is 15.2. The predicted molar refractivity (Wildman–Crippen MR) is 126 cm³/mol. The number of likely N-dealkylation sites (tertiary alicyclic amines) is 1. The number of nitriles is 1. The lowest BCUT2D eigenvalue weighted by Gasteiger charge is -2.29. The SMILES string of the molecule is CC(C)(C)OC(=O)N1CCC[C@H]1C1=NCC(c2ccc(-c3ccc(Cl)cc3C#N)cc2)N1. The molecule has 0 bridgehead atoms. The molecule has 1 amide bonds. The summed E-state index contributed by atoms with van der Waals surface area (Å²) in [4.78, 5) is 19.1. The molecule has 2 heterocycles. The summed E-state index contributed by atoms with van der Waals surface area (Å²) in [5.74, 6) is 0.854. The van der Waals surface area contributed by atoms with Crippen LogP contribution in [0.2, 0.25) is 5.02 Å². The van der Waals surface area contributed by atoms with Crippen molar-refractivity contribution in [2.24, 2.45) is 4.99 Å². The lowest BCUT2D eigenvalue weighted by molar-refractivity contribution is 0.0264. The number of amidine groups is 1. The van der Waals surface area contributed by atoms with Gasteiger partial charge in [-0.05, 0) is 62.4 Å². The molecule has 2 aromatic rings. The summed E-state index contributed by atoms with van der Waals surface area (Å²) in [6.07, 6.45) is 1.53. The van der Waals surface area contributed by atoms with E-state index in [1.165, 1.54) is 0 Å². The molecule has 1 N–H and O–H groups in total. The van der Waals surface area contributed by atoms with Crippen molar-refractivity contribution in [2.45, 2.75) is 51.3 Å². The Morgan fingerprint density at radius 3 is 2.69 bits per heavy atom. The highest BCUT2D eigenvalue weighted by atomic mass is 35.5. The number of hydrogen-bond acceptors (Lipinski definition) is 5. The molecule has 0 aromatic heterocycles. The summed E-state index contributed by atoms with van der Waals surface area (Å²) < 4.78 is 5.58. The normalized spacial score (nSPS) is 20.5. The van der Waals surface area contributed by atoms with E-state index in [-0.39, 0.29) is 18.2 Å². The third-order valence-electron chi connectivity index (χ3n) is 5.69. The number of ether oxygens (including phenoxy) is 1. The number of amides is 1. The molecule has 0 saturated carbocycles. The van der Waals surface area contributed by atoms with E-state index in [0.717, 1.165) is 35.4 Å². The molecule has 0 radical (unpaired) electrons. The summed E-state index contributed by atoms with van der Waals surface area (Å²) >= 11 is 6.02. The van der Waals surface area contributed by atoms with E-state index in [1.807, 2.05) is 39.0 Å². The van der Waals surface area contributed by atoms with Crippen LogP contribution in [0, 0.1) is 11.3 Å². The van der Waals surface area contributed by atoms with Crippen molar-refractivity contribution in [2.75, 3.05) is 13.1 Å². The first kappa shape index (κ1) is 22.2. The summed E-state index contributed by atoms with van der Waals surface area (Å²) in [5, 5.41) is 13.5. The van der Waals surface area contributed by atoms with E-state index in [9.17, 15) is 10.1 Å². The number of rotatable bonds is 3. The Hall–Kier alpha value is -3.04. The maximum absolute atomic E-state index is 12.6. The number of nitrogens with zero attached hydrogens (tertiary/aromatic N) is 3. The standard InChI is InChI=1S/C25H27ClN4O2/c1-25(2,3)32-24(31)30-12-4-5-22(30)23-28-15-21(29-23)17-8-6-16(7-9-17)20-11-10-19(26)13-18(20)14-27/h6-11,13,21-22H,4-5,12,15H2,1-3H3,(H,28,29)/t21?,22-/m0/s1. The van der Waals surface area contributed by atoms with Gasteiger partial charge in [-0.25, -0.2) is 4.79 Å². The van der Waals surface area contributed by atoms with Crippen LogP contribution in [0.4, 0.5) is 4.79 Å². The van der Waals surface area contributed by atoms with Crippen molar-refractivity contribution in [3.8, 4) is 17.2 Å². The highest BCUT2D eigenvalue weighted by Gasteiger charge is 2.37. The van der Waals surface area contributed by atoms with E-state index < -0.39 is 5.60 Å². The Labute approximate surface area is 193 Å². The van der Waals surface area contributed by atoms with Crippen LogP contribution in [0.25, 0.3) is 11.1 Å². The Balaban J connectivity index is 1.44. The molecule has 2 aliphatic rings. The highest BCUT2D eigenvalue weighted by Crippen LogP contribution is 2.29. The van der Waals surface area contributed by atoms with Gasteiger partial charge in [0.1, 0.15) is 11.4 Å². The van der Waals surface area contributed by atoms with Crippen LogP contribution < -0.4 is 5.32 Å². The second-order valence-corrected chi connectivity index (χ2v) is 9.61. The Morgan fingerprint density at radius 2 is 2.00 bits per heavy atom. The first-order valence-corrected chi connectivity index (χ1v) is 11.2. The molecule has 32 heavy (non-hydrogen) atoms. The zero-order valence-corrected chi connectivity index (χ0v) is 19.3. The molecule has 6 nitrogen and oxygen atoms in total. The van der Waals surface area contributed by atoms with Crippen molar-refractivity contribution >= 4 is 23.5 Å². The number of hydrogen-bond donors (Lipinski definition) is 1. The zero-order chi connectivity index (χ0) is 22.9. The molecule has 1 fully saturated rings. The molecule has 2 aliphatic heterocycles. The minimum Gasteiger partial charge on any atom is -0.444 e. The molecule has 1 saturated heterocycles. The van der Waals surface area contributed by atoms with Crippen LogP contribution in [0.15, 0.2) is 47.5 Å². The number of benzene rings is 2. The van der Waals surface area contributed by atoms with Gasteiger partial charge in [-0.3, -0.25) is 9.89 Å². The van der Waals surface area contributed by atoms with Crippen LogP contribution in [0.3, 0.4) is 0 Å². The van der Waals surface area contributed by atoms with Crippen LogP contribution in [0.5, 0.6) is 0 Å². The van der Waals surface area contributed by atoms with Crippen molar-refractivity contribution in [1.82, 2.24) is 10.2 Å². The first-order valence-electron chi connectivity index (χ1n) is 10.9. The van der Waals surface area contributed by atoms with Crippen molar-refractivity contribution < 1.29 is 9.53 Å².